The molecule has 25 heavy (non-hydrogen) atoms. The van der Waals surface area contributed by atoms with Crippen LogP contribution in [0.2, 0.25) is 0 Å². The van der Waals surface area contributed by atoms with Crippen molar-refractivity contribution in [2.24, 2.45) is 0 Å². The topological polar surface area (TPSA) is 76.0 Å². The molecule has 0 fully saturated rings. The molecule has 126 valence electrons. The predicted molar refractivity (Wildman–Crippen MR) is 94.3 cm³/mol. The van der Waals surface area contributed by atoms with Gasteiger partial charge in [0.2, 0.25) is 0 Å². The van der Waals surface area contributed by atoms with Crippen molar-refractivity contribution >= 4 is 11.8 Å². The predicted octanol–water partition coefficient (Wildman–Crippen LogP) is 2.51. The second-order valence-corrected chi connectivity index (χ2v) is 5.43. The van der Waals surface area contributed by atoms with Gasteiger partial charge in [-0.15, -0.1) is 0 Å². The minimum atomic E-state index is -0.412. The zero-order valence-corrected chi connectivity index (χ0v) is 13.8. The minimum Gasteiger partial charge on any atom is -0.267 e. The van der Waals surface area contributed by atoms with E-state index in [2.05, 4.69) is 16.0 Å². The Hall–Kier alpha value is -3.41. The highest BCUT2D eigenvalue weighted by atomic mass is 16.2. The van der Waals surface area contributed by atoms with Crippen molar-refractivity contribution in [3.05, 3.63) is 83.7 Å². The van der Waals surface area contributed by atoms with Crippen LogP contribution in [0.5, 0.6) is 0 Å². The van der Waals surface area contributed by atoms with Crippen LogP contribution in [-0.2, 0) is 6.42 Å². The lowest BCUT2D eigenvalue weighted by molar-refractivity contribution is 0.0846. The molecule has 0 aliphatic heterocycles. The van der Waals surface area contributed by atoms with E-state index in [9.17, 15) is 9.59 Å². The number of aromatic nitrogens is 2. The Labute approximate surface area is 145 Å². The first-order valence-corrected chi connectivity index (χ1v) is 7.97. The first-order chi connectivity index (χ1) is 12.2. The molecular formula is C19H18N4O2. The van der Waals surface area contributed by atoms with Gasteiger partial charge in [0.15, 0.2) is 0 Å². The molecule has 2 aromatic carbocycles. The summed E-state index contributed by atoms with van der Waals surface area (Å²) in [4.78, 5) is 24.6. The number of nitrogens with one attached hydrogen (secondary N) is 2. The molecule has 0 aliphatic carbocycles. The van der Waals surface area contributed by atoms with E-state index in [1.807, 2.05) is 25.1 Å². The molecule has 0 saturated carbocycles. The van der Waals surface area contributed by atoms with E-state index in [1.165, 1.54) is 0 Å². The summed E-state index contributed by atoms with van der Waals surface area (Å²) >= 11 is 0. The summed E-state index contributed by atoms with van der Waals surface area (Å²) in [5.74, 6) is -0.780. The molecule has 3 aromatic rings. The fourth-order valence-electron chi connectivity index (χ4n) is 2.42. The van der Waals surface area contributed by atoms with Gasteiger partial charge in [-0.3, -0.25) is 20.4 Å². The summed E-state index contributed by atoms with van der Waals surface area (Å²) in [6.07, 6.45) is 4.29. The largest absolute Gasteiger partial charge is 0.271 e. The Morgan fingerprint density at radius 2 is 1.68 bits per heavy atom. The molecule has 2 N–H and O–H groups in total. The number of rotatable bonds is 4. The van der Waals surface area contributed by atoms with Crippen LogP contribution in [-0.4, -0.2) is 21.6 Å². The van der Waals surface area contributed by atoms with E-state index in [0.717, 1.165) is 12.0 Å². The van der Waals surface area contributed by atoms with Crippen molar-refractivity contribution in [2.45, 2.75) is 13.3 Å². The van der Waals surface area contributed by atoms with Crippen LogP contribution in [0.3, 0.4) is 0 Å². The van der Waals surface area contributed by atoms with Crippen LogP contribution in [0.1, 0.15) is 33.2 Å². The van der Waals surface area contributed by atoms with Crippen LogP contribution < -0.4 is 10.9 Å². The molecule has 6 heteroatoms. The molecule has 0 unspecified atom stereocenters. The Morgan fingerprint density at radius 3 is 2.36 bits per heavy atom. The summed E-state index contributed by atoms with van der Waals surface area (Å²) < 4.78 is 1.60. The average molecular weight is 334 g/mol. The Morgan fingerprint density at radius 1 is 0.960 bits per heavy atom. The third kappa shape index (κ3) is 3.74. The molecule has 0 saturated heterocycles. The summed E-state index contributed by atoms with van der Waals surface area (Å²) in [6.45, 7) is 2.05. The molecule has 0 atom stereocenters. The third-order valence-corrected chi connectivity index (χ3v) is 3.81. The molecule has 0 bridgehead atoms. The summed E-state index contributed by atoms with van der Waals surface area (Å²) in [7, 11) is 0. The van der Waals surface area contributed by atoms with Crippen molar-refractivity contribution in [1.82, 2.24) is 20.6 Å². The van der Waals surface area contributed by atoms with E-state index in [0.29, 0.717) is 16.8 Å². The van der Waals surface area contributed by atoms with Crippen LogP contribution >= 0.6 is 0 Å². The van der Waals surface area contributed by atoms with Gasteiger partial charge < -0.3 is 0 Å². The fourth-order valence-corrected chi connectivity index (χ4v) is 2.42. The molecule has 3 rings (SSSR count). The number of aryl methyl sites for hydroxylation is 1. The standard InChI is InChI=1S/C19H18N4O2/c1-2-14-8-10-15(11-9-14)18(24)21-22-19(25)16-6-3-4-7-17(16)23-13-5-12-20-23/h3-13H,2H2,1H3,(H,21,24)(H,22,25). The number of carbonyl (C=O) groups is 2. The lowest BCUT2D eigenvalue weighted by atomic mass is 10.1. The van der Waals surface area contributed by atoms with Crippen LogP contribution in [0, 0.1) is 0 Å². The van der Waals surface area contributed by atoms with Gasteiger partial charge in [-0.1, -0.05) is 31.2 Å². The van der Waals surface area contributed by atoms with E-state index in [1.54, 1.807) is 53.5 Å². The van der Waals surface area contributed by atoms with Gasteiger partial charge in [0, 0.05) is 18.0 Å². The highest BCUT2D eigenvalue weighted by Crippen LogP contribution is 2.13. The van der Waals surface area contributed by atoms with Crippen LogP contribution in [0.25, 0.3) is 5.69 Å². The van der Waals surface area contributed by atoms with E-state index in [4.69, 9.17) is 0 Å². The summed E-state index contributed by atoms with van der Waals surface area (Å²) in [6, 6.07) is 16.1. The molecule has 1 heterocycles. The smallest absolute Gasteiger partial charge is 0.267 e. The Bertz CT molecular complexity index is 871. The highest BCUT2D eigenvalue weighted by molar-refractivity contribution is 6.00. The molecule has 2 amide bonds. The number of para-hydroxylation sites is 1. The van der Waals surface area contributed by atoms with Gasteiger partial charge >= 0.3 is 0 Å². The average Bonchev–Trinajstić information content (AvgIpc) is 3.20. The quantitative estimate of drug-likeness (QED) is 0.720. The first-order valence-electron chi connectivity index (χ1n) is 7.97. The molecule has 0 spiro atoms. The van der Waals surface area contributed by atoms with Gasteiger partial charge in [0.05, 0.1) is 11.3 Å². The minimum absolute atomic E-state index is 0.368. The second kappa shape index (κ2) is 7.44. The molecular weight excluding hydrogens is 316 g/mol. The number of hydrogen-bond acceptors (Lipinski definition) is 3. The van der Waals surface area contributed by atoms with E-state index in [-0.39, 0.29) is 5.91 Å². The SMILES string of the molecule is CCc1ccc(C(=O)NNC(=O)c2ccccc2-n2cccn2)cc1. The Balaban J connectivity index is 1.70. The number of carbonyl (C=O) groups excluding carboxylic acids is 2. The van der Waals surface area contributed by atoms with Crippen LogP contribution in [0.15, 0.2) is 67.0 Å². The van der Waals surface area contributed by atoms with Crippen LogP contribution in [0.4, 0.5) is 0 Å². The maximum absolute atomic E-state index is 12.4. The van der Waals surface area contributed by atoms with Gasteiger partial charge in [-0.2, -0.15) is 5.10 Å². The van der Waals surface area contributed by atoms with E-state index >= 15 is 0 Å². The molecule has 0 radical (unpaired) electrons. The monoisotopic (exact) mass is 334 g/mol. The molecule has 0 aliphatic rings. The molecule has 6 nitrogen and oxygen atoms in total. The van der Waals surface area contributed by atoms with Crippen molar-refractivity contribution in [2.75, 3.05) is 0 Å². The van der Waals surface area contributed by atoms with Crippen molar-refractivity contribution in [3.8, 4) is 5.69 Å². The molecule has 1 aromatic heterocycles. The number of benzene rings is 2. The number of nitrogens with zero attached hydrogens (tertiary/aromatic N) is 2. The number of amides is 2. The normalized spacial score (nSPS) is 10.3. The zero-order valence-electron chi connectivity index (χ0n) is 13.8. The lowest BCUT2D eigenvalue weighted by Gasteiger charge is -2.11. The van der Waals surface area contributed by atoms with Crippen molar-refractivity contribution < 1.29 is 9.59 Å². The highest BCUT2D eigenvalue weighted by Gasteiger charge is 2.14. The number of hydrazine groups is 1. The number of hydrogen-bond donors (Lipinski definition) is 2. The van der Waals surface area contributed by atoms with Crippen molar-refractivity contribution in [3.63, 3.8) is 0 Å². The first kappa shape index (κ1) is 16.4. The summed E-state index contributed by atoms with van der Waals surface area (Å²) in [5.41, 5.74) is 7.56. The maximum Gasteiger partial charge on any atom is 0.271 e. The second-order valence-electron chi connectivity index (χ2n) is 5.43. The lowest BCUT2D eigenvalue weighted by Crippen LogP contribution is -2.42. The Kier molecular flexibility index (Phi) is 4.89. The van der Waals surface area contributed by atoms with Gasteiger partial charge in [-0.25, -0.2) is 4.68 Å². The van der Waals surface area contributed by atoms with Gasteiger partial charge in [0.25, 0.3) is 11.8 Å². The fraction of sp³-hybridized carbons (Fsp3) is 0.105. The van der Waals surface area contributed by atoms with Gasteiger partial charge in [0.1, 0.15) is 0 Å². The van der Waals surface area contributed by atoms with Gasteiger partial charge in [-0.05, 0) is 42.3 Å². The van der Waals surface area contributed by atoms with E-state index < -0.39 is 5.91 Å². The third-order valence-electron chi connectivity index (χ3n) is 3.81. The zero-order chi connectivity index (χ0) is 17.6. The summed E-state index contributed by atoms with van der Waals surface area (Å²) in [5, 5.41) is 4.14. The maximum atomic E-state index is 12.4. The van der Waals surface area contributed by atoms with Crippen molar-refractivity contribution in [1.29, 1.82) is 0 Å².